The van der Waals surface area contributed by atoms with Gasteiger partial charge in [-0.05, 0) is 19.3 Å². The van der Waals surface area contributed by atoms with Gasteiger partial charge in [0.25, 0.3) is 0 Å². The third kappa shape index (κ3) is 2.33. The van der Waals surface area contributed by atoms with Crippen LogP contribution in [0.1, 0.15) is 19.3 Å². The van der Waals surface area contributed by atoms with Gasteiger partial charge in [-0.25, -0.2) is 4.39 Å². The summed E-state index contributed by atoms with van der Waals surface area (Å²) < 4.78 is 49.3. The van der Waals surface area contributed by atoms with E-state index in [1.165, 1.54) is 0 Å². The molecule has 0 amide bonds. The summed E-state index contributed by atoms with van der Waals surface area (Å²) in [6.45, 7) is 0. The van der Waals surface area contributed by atoms with E-state index in [0.29, 0.717) is 0 Å². The van der Waals surface area contributed by atoms with Crippen molar-refractivity contribution in [2.45, 2.75) is 31.6 Å². The highest BCUT2D eigenvalue weighted by Crippen LogP contribution is 2.40. The first-order chi connectivity index (χ1) is 5.95. The summed E-state index contributed by atoms with van der Waals surface area (Å²) in [5, 5.41) is 8.39. The standard InChI is InChI=1S/C8H9F4N/c9-7-2-1-6(8(10,11)12)3-5(7)4-13/h5-7H,1-3H2. The summed E-state index contributed by atoms with van der Waals surface area (Å²) in [4.78, 5) is 0. The molecular weight excluding hydrogens is 186 g/mol. The maximum atomic E-state index is 12.8. The zero-order valence-electron chi connectivity index (χ0n) is 6.81. The Morgan fingerprint density at radius 3 is 2.31 bits per heavy atom. The number of rotatable bonds is 0. The van der Waals surface area contributed by atoms with Crippen molar-refractivity contribution in [3.63, 3.8) is 0 Å². The zero-order valence-corrected chi connectivity index (χ0v) is 6.81. The molecule has 0 radical (unpaired) electrons. The van der Waals surface area contributed by atoms with E-state index in [0.717, 1.165) is 0 Å². The highest BCUT2D eigenvalue weighted by atomic mass is 19.4. The molecule has 13 heavy (non-hydrogen) atoms. The Kier molecular flexibility index (Phi) is 2.79. The lowest BCUT2D eigenvalue weighted by Crippen LogP contribution is -2.33. The van der Waals surface area contributed by atoms with Crippen LogP contribution in [0, 0.1) is 23.2 Å². The summed E-state index contributed by atoms with van der Waals surface area (Å²) >= 11 is 0. The minimum absolute atomic E-state index is 0.150. The van der Waals surface area contributed by atoms with Crippen LogP contribution in [0.2, 0.25) is 0 Å². The Bertz CT molecular complexity index is 217. The Labute approximate surface area is 73.3 Å². The molecule has 5 heteroatoms. The second kappa shape index (κ2) is 3.52. The summed E-state index contributed by atoms with van der Waals surface area (Å²) in [6.07, 6.45) is -6.40. The number of hydrogen-bond donors (Lipinski definition) is 0. The lowest BCUT2D eigenvalue weighted by atomic mass is 9.80. The molecule has 1 rings (SSSR count). The van der Waals surface area contributed by atoms with Crippen LogP contribution in [0.3, 0.4) is 0 Å². The number of hydrogen-bond acceptors (Lipinski definition) is 1. The fourth-order valence-electron chi connectivity index (χ4n) is 1.56. The molecule has 0 bridgehead atoms. The van der Waals surface area contributed by atoms with Crippen LogP contribution in [0.5, 0.6) is 0 Å². The molecule has 3 unspecified atom stereocenters. The van der Waals surface area contributed by atoms with Crippen molar-refractivity contribution in [2.75, 3.05) is 0 Å². The Balaban J connectivity index is 2.61. The topological polar surface area (TPSA) is 23.8 Å². The van der Waals surface area contributed by atoms with Gasteiger partial charge in [0, 0.05) is 0 Å². The van der Waals surface area contributed by atoms with E-state index < -0.39 is 24.2 Å². The van der Waals surface area contributed by atoms with E-state index in [1.54, 1.807) is 6.07 Å². The molecule has 1 fully saturated rings. The van der Waals surface area contributed by atoms with Gasteiger partial charge in [-0.15, -0.1) is 0 Å². The average molecular weight is 195 g/mol. The molecule has 0 heterocycles. The predicted octanol–water partition coefficient (Wildman–Crippen LogP) is 2.83. The summed E-state index contributed by atoms with van der Waals surface area (Å²) in [7, 11) is 0. The summed E-state index contributed by atoms with van der Waals surface area (Å²) in [5.41, 5.74) is 0. The van der Waals surface area contributed by atoms with Crippen molar-refractivity contribution >= 4 is 0 Å². The van der Waals surface area contributed by atoms with Gasteiger partial charge in [0.15, 0.2) is 0 Å². The highest BCUT2D eigenvalue weighted by molar-refractivity contribution is 4.94. The monoisotopic (exact) mass is 195 g/mol. The smallest absolute Gasteiger partial charge is 0.246 e. The van der Waals surface area contributed by atoms with E-state index in [-0.39, 0.29) is 19.3 Å². The number of nitriles is 1. The molecule has 1 nitrogen and oxygen atoms in total. The molecular formula is C8H9F4N. The third-order valence-corrected chi connectivity index (χ3v) is 2.39. The van der Waals surface area contributed by atoms with Gasteiger partial charge in [0.05, 0.1) is 17.9 Å². The Hall–Kier alpha value is -0.790. The second-order valence-corrected chi connectivity index (χ2v) is 3.30. The van der Waals surface area contributed by atoms with Crippen LogP contribution >= 0.6 is 0 Å². The van der Waals surface area contributed by atoms with Crippen LogP contribution in [0.15, 0.2) is 0 Å². The maximum Gasteiger partial charge on any atom is 0.391 e. The molecule has 3 atom stereocenters. The van der Waals surface area contributed by atoms with Crippen molar-refractivity contribution in [3.8, 4) is 6.07 Å². The fourth-order valence-corrected chi connectivity index (χ4v) is 1.56. The van der Waals surface area contributed by atoms with Crippen molar-refractivity contribution in [1.82, 2.24) is 0 Å². The minimum atomic E-state index is -4.28. The predicted molar refractivity (Wildman–Crippen MR) is 37.4 cm³/mol. The molecule has 0 aromatic carbocycles. The van der Waals surface area contributed by atoms with Crippen molar-refractivity contribution in [2.24, 2.45) is 11.8 Å². The van der Waals surface area contributed by atoms with Gasteiger partial charge in [-0.1, -0.05) is 0 Å². The molecule has 0 aromatic heterocycles. The fraction of sp³-hybridized carbons (Fsp3) is 0.875. The molecule has 0 spiro atoms. The van der Waals surface area contributed by atoms with Gasteiger partial charge in [0.2, 0.25) is 0 Å². The quantitative estimate of drug-likeness (QED) is 0.545. The van der Waals surface area contributed by atoms with E-state index in [9.17, 15) is 17.6 Å². The maximum absolute atomic E-state index is 12.8. The van der Waals surface area contributed by atoms with E-state index in [1.807, 2.05) is 0 Å². The molecule has 1 saturated carbocycles. The summed E-state index contributed by atoms with van der Waals surface area (Å²) in [6, 6.07) is 1.58. The first kappa shape index (κ1) is 10.3. The van der Waals surface area contributed by atoms with Gasteiger partial charge < -0.3 is 0 Å². The van der Waals surface area contributed by atoms with Gasteiger partial charge in [0.1, 0.15) is 6.17 Å². The van der Waals surface area contributed by atoms with Gasteiger partial charge >= 0.3 is 6.18 Å². The van der Waals surface area contributed by atoms with Crippen LogP contribution in [-0.4, -0.2) is 12.3 Å². The summed E-state index contributed by atoms with van der Waals surface area (Å²) in [5.74, 6) is -2.58. The minimum Gasteiger partial charge on any atom is -0.246 e. The molecule has 0 saturated heterocycles. The largest absolute Gasteiger partial charge is 0.391 e. The SMILES string of the molecule is N#CC1CC(C(F)(F)F)CCC1F. The number of alkyl halides is 4. The van der Waals surface area contributed by atoms with Crippen molar-refractivity contribution in [3.05, 3.63) is 0 Å². The second-order valence-electron chi connectivity index (χ2n) is 3.30. The van der Waals surface area contributed by atoms with Crippen molar-refractivity contribution < 1.29 is 17.6 Å². The first-order valence-corrected chi connectivity index (χ1v) is 4.05. The zero-order chi connectivity index (χ0) is 10.1. The number of nitrogens with zero attached hydrogens (tertiary/aromatic N) is 1. The normalized spacial score (nSPS) is 35.5. The van der Waals surface area contributed by atoms with Crippen molar-refractivity contribution in [1.29, 1.82) is 5.26 Å². The van der Waals surface area contributed by atoms with Crippen LogP contribution in [0.25, 0.3) is 0 Å². The average Bonchev–Trinajstić information content (AvgIpc) is 2.03. The Morgan fingerprint density at radius 2 is 1.85 bits per heavy atom. The lowest BCUT2D eigenvalue weighted by Gasteiger charge is -2.29. The number of halogens is 4. The molecule has 1 aliphatic carbocycles. The molecule has 0 N–H and O–H groups in total. The third-order valence-electron chi connectivity index (χ3n) is 2.39. The highest BCUT2D eigenvalue weighted by Gasteiger charge is 2.45. The molecule has 0 aliphatic heterocycles. The van der Waals surface area contributed by atoms with Crippen LogP contribution in [-0.2, 0) is 0 Å². The van der Waals surface area contributed by atoms with Gasteiger partial charge in [-0.3, -0.25) is 0 Å². The molecule has 1 aliphatic rings. The first-order valence-electron chi connectivity index (χ1n) is 4.05. The van der Waals surface area contributed by atoms with E-state index >= 15 is 0 Å². The van der Waals surface area contributed by atoms with E-state index in [2.05, 4.69) is 0 Å². The van der Waals surface area contributed by atoms with Crippen LogP contribution < -0.4 is 0 Å². The molecule has 74 valence electrons. The van der Waals surface area contributed by atoms with Gasteiger partial charge in [-0.2, -0.15) is 18.4 Å². The van der Waals surface area contributed by atoms with Crippen LogP contribution in [0.4, 0.5) is 17.6 Å². The van der Waals surface area contributed by atoms with E-state index in [4.69, 9.17) is 5.26 Å². The molecule has 0 aromatic rings. The lowest BCUT2D eigenvalue weighted by molar-refractivity contribution is -0.187. The Morgan fingerprint density at radius 1 is 1.23 bits per heavy atom.